The van der Waals surface area contributed by atoms with Crippen molar-refractivity contribution in [2.45, 2.75) is 47.0 Å². The van der Waals surface area contributed by atoms with Crippen LogP contribution in [0.3, 0.4) is 0 Å². The lowest BCUT2D eigenvalue weighted by molar-refractivity contribution is 0.0622. The summed E-state index contributed by atoms with van der Waals surface area (Å²) in [5.74, 6) is 1.82. The fourth-order valence-corrected chi connectivity index (χ4v) is 4.24. The van der Waals surface area contributed by atoms with Crippen LogP contribution in [0.25, 0.3) is 0 Å². The van der Waals surface area contributed by atoms with Crippen molar-refractivity contribution in [3.8, 4) is 5.75 Å². The van der Waals surface area contributed by atoms with Crippen LogP contribution in [-0.4, -0.2) is 45.9 Å². The Kier molecular flexibility index (Phi) is 6.11. The van der Waals surface area contributed by atoms with Gasteiger partial charge in [-0.2, -0.15) is 5.10 Å². The lowest BCUT2D eigenvalue weighted by Gasteiger charge is -2.32. The lowest BCUT2D eigenvalue weighted by Crippen LogP contribution is -2.42. The molecule has 0 spiro atoms. The van der Waals surface area contributed by atoms with Gasteiger partial charge in [-0.25, -0.2) is 0 Å². The highest BCUT2D eigenvalue weighted by atomic mass is 16.5. The summed E-state index contributed by atoms with van der Waals surface area (Å²) in [6.07, 6.45) is 2.59. The zero-order valence-electron chi connectivity index (χ0n) is 18.7. The normalized spacial score (nSPS) is 16.5. The lowest BCUT2D eigenvalue weighted by atomic mass is 9.97. The fourth-order valence-electron chi connectivity index (χ4n) is 4.24. The van der Waals surface area contributed by atoms with Crippen molar-refractivity contribution in [2.24, 2.45) is 5.92 Å². The number of carbonyl (C=O) groups is 1. The van der Waals surface area contributed by atoms with Crippen LogP contribution in [0.4, 0.5) is 0 Å². The number of nitrogens with one attached hydrogen (secondary N) is 1. The minimum absolute atomic E-state index is 0.0637. The molecule has 1 amide bonds. The Hall–Kier alpha value is -3.09. The van der Waals surface area contributed by atoms with E-state index < -0.39 is 0 Å². The second-order valence-electron chi connectivity index (χ2n) is 8.49. The van der Waals surface area contributed by atoms with E-state index in [2.05, 4.69) is 15.4 Å². The van der Waals surface area contributed by atoms with Gasteiger partial charge in [-0.15, -0.1) is 0 Å². The molecule has 1 unspecified atom stereocenters. The molecule has 2 aromatic heterocycles. The van der Waals surface area contributed by atoms with Crippen molar-refractivity contribution >= 4 is 5.91 Å². The van der Waals surface area contributed by atoms with Gasteiger partial charge < -0.3 is 14.2 Å². The second-order valence-corrected chi connectivity index (χ2v) is 8.49. The summed E-state index contributed by atoms with van der Waals surface area (Å²) in [5, 5.41) is 11.4. The van der Waals surface area contributed by atoms with Crippen LogP contribution < -0.4 is 4.74 Å². The van der Waals surface area contributed by atoms with E-state index in [1.807, 2.05) is 56.9 Å². The number of aromatic amines is 1. The summed E-state index contributed by atoms with van der Waals surface area (Å²) in [4.78, 5) is 15.2. The molecule has 1 N–H and O–H groups in total. The molecule has 1 atom stereocenters. The molecule has 3 heterocycles. The van der Waals surface area contributed by atoms with Crippen LogP contribution in [0.15, 0.2) is 28.8 Å². The van der Waals surface area contributed by atoms with E-state index in [-0.39, 0.29) is 5.91 Å². The first-order chi connectivity index (χ1) is 14.9. The third-order valence-electron chi connectivity index (χ3n) is 6.20. The Morgan fingerprint density at radius 2 is 2.03 bits per heavy atom. The van der Waals surface area contributed by atoms with Crippen LogP contribution in [0, 0.1) is 33.6 Å². The number of piperidine rings is 1. The minimum Gasteiger partial charge on any atom is -0.493 e. The molecule has 164 valence electrons. The molecule has 31 heavy (non-hydrogen) atoms. The Bertz CT molecular complexity index is 1050. The quantitative estimate of drug-likeness (QED) is 0.645. The highest BCUT2D eigenvalue weighted by Gasteiger charge is 2.30. The third kappa shape index (κ3) is 4.50. The number of likely N-dealkylation sites (tertiary alicyclic amines) is 1. The average molecular weight is 423 g/mol. The number of amides is 1. The average Bonchev–Trinajstić information content (AvgIpc) is 3.30. The number of hydrogen-bond acceptors (Lipinski definition) is 5. The maximum absolute atomic E-state index is 13.3. The monoisotopic (exact) mass is 422 g/mol. The Morgan fingerprint density at radius 1 is 1.23 bits per heavy atom. The highest BCUT2D eigenvalue weighted by molar-refractivity contribution is 5.94. The number of para-hydroxylation sites is 1. The number of benzene rings is 1. The van der Waals surface area contributed by atoms with Crippen molar-refractivity contribution in [3.63, 3.8) is 0 Å². The van der Waals surface area contributed by atoms with Crippen LogP contribution in [-0.2, 0) is 6.42 Å². The first-order valence-corrected chi connectivity index (χ1v) is 10.9. The van der Waals surface area contributed by atoms with Gasteiger partial charge in [0.25, 0.3) is 5.91 Å². The summed E-state index contributed by atoms with van der Waals surface area (Å²) < 4.78 is 11.5. The van der Waals surface area contributed by atoms with Gasteiger partial charge in [-0.1, -0.05) is 23.4 Å². The standard InChI is InChI=1S/C24H30N4O3/c1-15-8-5-6-10-22(15)30-14-19-9-7-11-28(13-19)24(29)23-21(18(4)31-27-23)12-20-16(2)25-26-17(20)3/h5-6,8,10,19H,7,9,11-14H2,1-4H3,(H,25,26). The van der Waals surface area contributed by atoms with E-state index in [4.69, 9.17) is 9.26 Å². The van der Waals surface area contributed by atoms with Gasteiger partial charge in [-0.3, -0.25) is 9.89 Å². The molecule has 0 radical (unpaired) electrons. The Labute approximate surface area is 182 Å². The Morgan fingerprint density at radius 3 is 2.77 bits per heavy atom. The molecule has 1 fully saturated rings. The number of hydrogen-bond donors (Lipinski definition) is 1. The number of rotatable bonds is 6. The molecule has 0 saturated carbocycles. The number of H-pyrrole nitrogens is 1. The summed E-state index contributed by atoms with van der Waals surface area (Å²) in [7, 11) is 0. The van der Waals surface area contributed by atoms with Crippen LogP contribution in [0.5, 0.6) is 5.75 Å². The van der Waals surface area contributed by atoms with E-state index in [0.29, 0.717) is 36.9 Å². The number of ether oxygens (including phenoxy) is 1. The highest BCUT2D eigenvalue weighted by Crippen LogP contribution is 2.25. The third-order valence-corrected chi connectivity index (χ3v) is 6.20. The summed E-state index contributed by atoms with van der Waals surface area (Å²) in [6, 6.07) is 8.03. The van der Waals surface area contributed by atoms with Gasteiger partial charge in [0.1, 0.15) is 11.5 Å². The smallest absolute Gasteiger partial charge is 0.276 e. The zero-order valence-corrected chi connectivity index (χ0v) is 18.7. The number of nitrogens with zero attached hydrogens (tertiary/aromatic N) is 3. The maximum atomic E-state index is 13.3. The maximum Gasteiger partial charge on any atom is 0.276 e. The van der Waals surface area contributed by atoms with Gasteiger partial charge in [0, 0.05) is 42.2 Å². The molecule has 1 aliphatic rings. The van der Waals surface area contributed by atoms with E-state index >= 15 is 0 Å². The predicted molar refractivity (Wildman–Crippen MR) is 117 cm³/mol. The summed E-state index contributed by atoms with van der Waals surface area (Å²) in [6.45, 7) is 9.86. The molecule has 4 rings (SSSR count). The molecule has 0 aliphatic carbocycles. The number of carbonyl (C=O) groups excluding carboxylic acids is 1. The molecule has 1 aromatic carbocycles. The molecule has 1 aliphatic heterocycles. The van der Waals surface area contributed by atoms with E-state index in [9.17, 15) is 4.79 Å². The summed E-state index contributed by atoms with van der Waals surface area (Å²) >= 11 is 0. The number of aryl methyl sites for hydroxylation is 4. The van der Waals surface area contributed by atoms with Crippen LogP contribution >= 0.6 is 0 Å². The van der Waals surface area contributed by atoms with Crippen molar-refractivity contribution < 1.29 is 14.1 Å². The fraction of sp³-hybridized carbons (Fsp3) is 0.458. The SMILES string of the molecule is Cc1ccccc1OCC1CCCN(C(=O)c2noc(C)c2Cc2c(C)n[nH]c2C)C1. The Balaban J connectivity index is 1.45. The van der Waals surface area contributed by atoms with Crippen molar-refractivity contribution in [3.05, 3.63) is 63.8 Å². The molecule has 3 aromatic rings. The van der Waals surface area contributed by atoms with Crippen molar-refractivity contribution in [1.82, 2.24) is 20.3 Å². The molecule has 7 heteroatoms. The topological polar surface area (TPSA) is 84.2 Å². The second kappa shape index (κ2) is 8.96. The van der Waals surface area contributed by atoms with E-state index in [0.717, 1.165) is 53.2 Å². The van der Waals surface area contributed by atoms with Gasteiger partial charge in [0.15, 0.2) is 5.69 Å². The largest absolute Gasteiger partial charge is 0.493 e. The van der Waals surface area contributed by atoms with E-state index in [1.54, 1.807) is 0 Å². The zero-order chi connectivity index (χ0) is 22.0. The number of aromatic nitrogens is 3. The first-order valence-electron chi connectivity index (χ1n) is 10.9. The van der Waals surface area contributed by atoms with Crippen molar-refractivity contribution in [2.75, 3.05) is 19.7 Å². The minimum atomic E-state index is -0.0637. The van der Waals surface area contributed by atoms with Crippen LogP contribution in [0.1, 0.15) is 57.2 Å². The molecule has 0 bridgehead atoms. The molecule has 1 saturated heterocycles. The van der Waals surface area contributed by atoms with Crippen LogP contribution in [0.2, 0.25) is 0 Å². The van der Waals surface area contributed by atoms with E-state index in [1.165, 1.54) is 0 Å². The van der Waals surface area contributed by atoms with Gasteiger partial charge >= 0.3 is 0 Å². The first kappa shape index (κ1) is 21.2. The summed E-state index contributed by atoms with van der Waals surface area (Å²) in [5.41, 5.74) is 5.40. The van der Waals surface area contributed by atoms with Gasteiger partial charge in [0.05, 0.1) is 12.3 Å². The molecular formula is C24H30N4O3. The van der Waals surface area contributed by atoms with Gasteiger partial charge in [-0.05, 0) is 52.2 Å². The molecule has 7 nitrogen and oxygen atoms in total. The predicted octanol–water partition coefficient (Wildman–Crippen LogP) is 4.15. The molecular weight excluding hydrogens is 392 g/mol. The van der Waals surface area contributed by atoms with Crippen molar-refractivity contribution in [1.29, 1.82) is 0 Å². The van der Waals surface area contributed by atoms with Gasteiger partial charge in [0.2, 0.25) is 0 Å².